The second kappa shape index (κ2) is 7.81. The van der Waals surface area contributed by atoms with E-state index in [1.807, 2.05) is 42.5 Å². The van der Waals surface area contributed by atoms with E-state index in [9.17, 15) is 5.11 Å². The van der Waals surface area contributed by atoms with E-state index in [2.05, 4.69) is 19.1 Å². The molecule has 0 aliphatic heterocycles. The highest BCUT2D eigenvalue weighted by molar-refractivity contribution is 5.33. The van der Waals surface area contributed by atoms with Crippen LogP contribution < -0.4 is 10.5 Å². The Morgan fingerprint density at radius 3 is 2.19 bits per heavy atom. The van der Waals surface area contributed by atoms with Crippen LogP contribution in [0.2, 0.25) is 0 Å². The Kier molecular flexibility index (Phi) is 5.78. The molecule has 2 aromatic carbocycles. The molecule has 3 N–H and O–H groups in total. The van der Waals surface area contributed by atoms with Gasteiger partial charge in [0.05, 0.1) is 0 Å². The molecular weight excluding hydrogens is 262 g/mol. The molecule has 0 saturated heterocycles. The Labute approximate surface area is 126 Å². The van der Waals surface area contributed by atoms with Gasteiger partial charge in [-0.25, -0.2) is 0 Å². The fraction of sp³-hybridized carbons (Fsp3) is 0.333. The van der Waals surface area contributed by atoms with Crippen molar-refractivity contribution in [2.45, 2.75) is 13.3 Å². The fourth-order valence-corrected chi connectivity index (χ4v) is 2.34. The van der Waals surface area contributed by atoms with Crippen molar-refractivity contribution < 1.29 is 9.84 Å². The van der Waals surface area contributed by atoms with Gasteiger partial charge in [-0.15, -0.1) is 0 Å². The second-order valence-corrected chi connectivity index (χ2v) is 5.42. The van der Waals surface area contributed by atoms with Gasteiger partial charge < -0.3 is 15.6 Å². The molecule has 0 aliphatic rings. The van der Waals surface area contributed by atoms with E-state index in [1.165, 1.54) is 5.56 Å². The maximum absolute atomic E-state index is 9.28. The van der Waals surface area contributed by atoms with Crippen LogP contribution in [0, 0.1) is 11.8 Å². The number of ether oxygens (including phenoxy) is 1. The molecule has 0 radical (unpaired) electrons. The predicted molar refractivity (Wildman–Crippen MR) is 85.5 cm³/mol. The highest BCUT2D eigenvalue weighted by atomic mass is 16.5. The zero-order valence-electron chi connectivity index (χ0n) is 12.4. The van der Waals surface area contributed by atoms with Crippen LogP contribution >= 0.6 is 0 Å². The van der Waals surface area contributed by atoms with Gasteiger partial charge in [0, 0.05) is 6.61 Å². The monoisotopic (exact) mass is 285 g/mol. The van der Waals surface area contributed by atoms with Crippen molar-refractivity contribution in [2.75, 3.05) is 13.2 Å². The Balaban J connectivity index is 1.96. The van der Waals surface area contributed by atoms with Gasteiger partial charge >= 0.3 is 0 Å². The summed E-state index contributed by atoms with van der Waals surface area (Å²) in [5.74, 6) is 2.18. The zero-order chi connectivity index (χ0) is 15.1. The van der Waals surface area contributed by atoms with Crippen LogP contribution in [0.4, 0.5) is 0 Å². The first-order chi connectivity index (χ1) is 10.2. The number of aliphatic hydroxyl groups excluding tert-OH is 1. The largest absolute Gasteiger partial charge is 0.457 e. The molecule has 0 bridgehead atoms. The second-order valence-electron chi connectivity index (χ2n) is 5.42. The van der Waals surface area contributed by atoms with Crippen molar-refractivity contribution in [1.82, 2.24) is 0 Å². The summed E-state index contributed by atoms with van der Waals surface area (Å²) < 4.78 is 5.77. The lowest BCUT2D eigenvalue weighted by Crippen LogP contribution is -2.26. The molecule has 0 aliphatic carbocycles. The van der Waals surface area contributed by atoms with Gasteiger partial charge in [-0.05, 0) is 54.6 Å². The molecular formula is C18H23NO2. The maximum atomic E-state index is 9.28. The molecule has 3 nitrogen and oxygen atoms in total. The highest BCUT2D eigenvalue weighted by Crippen LogP contribution is 2.23. The summed E-state index contributed by atoms with van der Waals surface area (Å²) in [4.78, 5) is 0. The summed E-state index contributed by atoms with van der Waals surface area (Å²) in [5, 5.41) is 9.28. The van der Waals surface area contributed by atoms with Gasteiger partial charge in [0.15, 0.2) is 0 Å². The lowest BCUT2D eigenvalue weighted by Gasteiger charge is -2.20. The van der Waals surface area contributed by atoms with Crippen molar-refractivity contribution >= 4 is 0 Å². The molecule has 2 unspecified atom stereocenters. The van der Waals surface area contributed by atoms with E-state index < -0.39 is 0 Å². The third-order valence-corrected chi connectivity index (χ3v) is 3.80. The number of hydrogen-bond acceptors (Lipinski definition) is 3. The van der Waals surface area contributed by atoms with Gasteiger partial charge in [0.25, 0.3) is 0 Å². The standard InChI is InChI=1S/C18H23NO2/c1-14(16(12-19)13-20)11-15-7-9-18(10-8-15)21-17-5-3-2-4-6-17/h2-10,14,16,20H,11-13,19H2,1H3. The Morgan fingerprint density at radius 2 is 1.62 bits per heavy atom. The van der Waals surface area contributed by atoms with E-state index in [0.29, 0.717) is 12.5 Å². The zero-order valence-corrected chi connectivity index (χ0v) is 12.4. The van der Waals surface area contributed by atoms with Crippen LogP contribution in [0.3, 0.4) is 0 Å². The smallest absolute Gasteiger partial charge is 0.127 e. The van der Waals surface area contributed by atoms with Crippen LogP contribution in [0.15, 0.2) is 54.6 Å². The van der Waals surface area contributed by atoms with E-state index in [1.54, 1.807) is 0 Å². The van der Waals surface area contributed by atoms with Gasteiger partial charge in [0.2, 0.25) is 0 Å². The molecule has 0 amide bonds. The van der Waals surface area contributed by atoms with E-state index >= 15 is 0 Å². The summed E-state index contributed by atoms with van der Waals surface area (Å²) in [6.07, 6.45) is 0.911. The minimum Gasteiger partial charge on any atom is -0.457 e. The molecule has 3 heteroatoms. The number of aliphatic hydroxyl groups is 1. The first-order valence-corrected chi connectivity index (χ1v) is 7.35. The van der Waals surface area contributed by atoms with Crippen molar-refractivity contribution in [2.24, 2.45) is 17.6 Å². The van der Waals surface area contributed by atoms with Crippen LogP contribution in [0.1, 0.15) is 12.5 Å². The van der Waals surface area contributed by atoms with Crippen LogP contribution in [-0.4, -0.2) is 18.3 Å². The molecule has 2 rings (SSSR count). The van der Waals surface area contributed by atoms with Gasteiger partial charge in [-0.2, -0.15) is 0 Å². The van der Waals surface area contributed by atoms with E-state index in [0.717, 1.165) is 17.9 Å². The van der Waals surface area contributed by atoms with Crippen LogP contribution in [-0.2, 0) is 6.42 Å². The number of rotatable bonds is 7. The molecule has 112 valence electrons. The summed E-state index contributed by atoms with van der Waals surface area (Å²) in [6.45, 7) is 2.79. The minimum atomic E-state index is 0.146. The molecule has 2 aromatic rings. The highest BCUT2D eigenvalue weighted by Gasteiger charge is 2.15. The van der Waals surface area contributed by atoms with Gasteiger partial charge in [-0.3, -0.25) is 0 Å². The SMILES string of the molecule is CC(Cc1ccc(Oc2ccccc2)cc1)C(CN)CO. The van der Waals surface area contributed by atoms with Gasteiger partial charge in [-0.1, -0.05) is 37.3 Å². The van der Waals surface area contributed by atoms with Crippen molar-refractivity contribution in [3.8, 4) is 11.5 Å². The summed E-state index contributed by atoms with van der Waals surface area (Å²) >= 11 is 0. The molecule has 21 heavy (non-hydrogen) atoms. The lowest BCUT2D eigenvalue weighted by atomic mass is 9.89. The summed E-state index contributed by atoms with van der Waals surface area (Å²) in [5.41, 5.74) is 6.90. The van der Waals surface area contributed by atoms with Crippen molar-refractivity contribution in [3.63, 3.8) is 0 Å². The maximum Gasteiger partial charge on any atom is 0.127 e. The van der Waals surface area contributed by atoms with E-state index in [-0.39, 0.29) is 12.5 Å². The number of hydrogen-bond donors (Lipinski definition) is 2. The van der Waals surface area contributed by atoms with Crippen molar-refractivity contribution in [3.05, 3.63) is 60.2 Å². The lowest BCUT2D eigenvalue weighted by molar-refractivity contribution is 0.187. The first kappa shape index (κ1) is 15.5. The Hall–Kier alpha value is -1.84. The fourth-order valence-electron chi connectivity index (χ4n) is 2.34. The van der Waals surface area contributed by atoms with Gasteiger partial charge in [0.1, 0.15) is 11.5 Å². The third-order valence-electron chi connectivity index (χ3n) is 3.80. The molecule has 0 spiro atoms. The predicted octanol–water partition coefficient (Wildman–Crippen LogP) is 3.22. The normalized spacial score (nSPS) is 13.7. The number of nitrogens with two attached hydrogens (primary N) is 1. The minimum absolute atomic E-state index is 0.146. The quantitative estimate of drug-likeness (QED) is 0.821. The average molecular weight is 285 g/mol. The third kappa shape index (κ3) is 4.59. The summed E-state index contributed by atoms with van der Waals surface area (Å²) in [7, 11) is 0. The molecule has 2 atom stereocenters. The Morgan fingerprint density at radius 1 is 1.00 bits per heavy atom. The summed E-state index contributed by atoms with van der Waals surface area (Å²) in [6, 6.07) is 17.8. The van der Waals surface area contributed by atoms with Crippen LogP contribution in [0.25, 0.3) is 0 Å². The first-order valence-electron chi connectivity index (χ1n) is 7.35. The molecule has 0 fully saturated rings. The molecule has 0 aromatic heterocycles. The Bertz CT molecular complexity index is 521. The van der Waals surface area contributed by atoms with E-state index in [4.69, 9.17) is 10.5 Å². The topological polar surface area (TPSA) is 55.5 Å². The molecule has 0 saturated carbocycles. The average Bonchev–Trinajstić information content (AvgIpc) is 2.51. The number of para-hydroxylation sites is 1. The number of benzene rings is 2. The van der Waals surface area contributed by atoms with Crippen molar-refractivity contribution in [1.29, 1.82) is 0 Å². The molecule has 0 heterocycles. The van der Waals surface area contributed by atoms with Crippen LogP contribution in [0.5, 0.6) is 11.5 Å².